The monoisotopic (exact) mass is 244 g/mol. The van der Waals surface area contributed by atoms with Gasteiger partial charge in [0.25, 0.3) is 0 Å². The van der Waals surface area contributed by atoms with Crippen LogP contribution >= 0.6 is 0 Å². The third-order valence-corrected chi connectivity index (χ3v) is 3.17. The summed E-state index contributed by atoms with van der Waals surface area (Å²) in [5.74, 6) is -1.70. The first-order chi connectivity index (χ1) is 8.61. The smallest absolute Gasteiger partial charge is 0.169 e. The van der Waals surface area contributed by atoms with Crippen LogP contribution in [0.2, 0.25) is 0 Å². The number of hydrogen-bond acceptors (Lipinski definition) is 2. The Morgan fingerprint density at radius 1 is 0.778 bits per heavy atom. The lowest BCUT2D eigenvalue weighted by atomic mass is 10.0. The van der Waals surface area contributed by atoms with E-state index in [1.165, 1.54) is 0 Å². The average Bonchev–Trinajstić information content (AvgIpc) is 2.35. The summed E-state index contributed by atoms with van der Waals surface area (Å²) in [4.78, 5) is 8.29. The van der Waals surface area contributed by atoms with Crippen LogP contribution in [0.1, 0.15) is 11.1 Å². The van der Waals surface area contributed by atoms with Gasteiger partial charge in [0.05, 0.1) is 11.0 Å². The van der Waals surface area contributed by atoms with Crippen molar-refractivity contribution in [3.05, 3.63) is 47.3 Å². The van der Waals surface area contributed by atoms with Gasteiger partial charge in [-0.25, -0.2) is 8.78 Å². The van der Waals surface area contributed by atoms with Crippen LogP contribution in [0.5, 0.6) is 0 Å². The number of halogens is 2. The summed E-state index contributed by atoms with van der Waals surface area (Å²) in [5.41, 5.74) is 2.13. The minimum absolute atomic E-state index is 0.209. The van der Waals surface area contributed by atoms with Crippen molar-refractivity contribution < 1.29 is 8.78 Å². The fraction of sp³-hybridized carbons (Fsp3) is 0.143. The molecule has 90 valence electrons. The molecule has 18 heavy (non-hydrogen) atoms. The number of fused-ring (bicyclic) bond motifs is 3. The zero-order chi connectivity index (χ0) is 12.9. The first-order valence-electron chi connectivity index (χ1n) is 5.59. The number of pyridine rings is 2. The van der Waals surface area contributed by atoms with Gasteiger partial charge in [-0.15, -0.1) is 0 Å². The minimum atomic E-state index is -0.848. The molecular weight excluding hydrogens is 234 g/mol. The number of aryl methyl sites for hydroxylation is 2. The Bertz CT molecular complexity index is 715. The molecule has 0 spiro atoms. The SMILES string of the molecule is Cc1ccnc2c1c(F)c(F)c1c(C)ccnc12. The van der Waals surface area contributed by atoms with Crippen LogP contribution in [0, 0.1) is 25.5 Å². The fourth-order valence-corrected chi connectivity index (χ4v) is 2.25. The number of benzene rings is 1. The molecule has 0 unspecified atom stereocenters. The van der Waals surface area contributed by atoms with E-state index in [9.17, 15) is 8.78 Å². The van der Waals surface area contributed by atoms with E-state index in [2.05, 4.69) is 9.97 Å². The van der Waals surface area contributed by atoms with Crippen molar-refractivity contribution in [2.45, 2.75) is 13.8 Å². The fourth-order valence-electron chi connectivity index (χ4n) is 2.25. The standard InChI is InChI=1S/C14H10F2N2/c1-7-3-5-17-13-9(7)11(15)12(16)10-8(2)4-6-18-14(10)13/h3-6H,1-2H3. The summed E-state index contributed by atoms with van der Waals surface area (Å²) >= 11 is 0. The minimum Gasteiger partial charge on any atom is -0.254 e. The maximum absolute atomic E-state index is 14.1. The molecule has 2 aromatic heterocycles. The summed E-state index contributed by atoms with van der Waals surface area (Å²) < 4.78 is 28.3. The summed E-state index contributed by atoms with van der Waals surface area (Å²) in [6.45, 7) is 3.46. The molecule has 0 fully saturated rings. The normalized spacial score (nSPS) is 11.3. The van der Waals surface area contributed by atoms with Gasteiger partial charge in [-0.2, -0.15) is 0 Å². The van der Waals surface area contributed by atoms with Crippen LogP contribution in [0.3, 0.4) is 0 Å². The predicted molar refractivity (Wildman–Crippen MR) is 66.4 cm³/mol. The summed E-state index contributed by atoms with van der Waals surface area (Å²) in [7, 11) is 0. The Hall–Kier alpha value is -2.10. The zero-order valence-corrected chi connectivity index (χ0v) is 9.96. The van der Waals surface area contributed by atoms with E-state index in [4.69, 9.17) is 0 Å². The van der Waals surface area contributed by atoms with Crippen LogP contribution in [-0.4, -0.2) is 9.97 Å². The van der Waals surface area contributed by atoms with Gasteiger partial charge in [0.2, 0.25) is 0 Å². The number of rotatable bonds is 0. The second-order valence-electron chi connectivity index (χ2n) is 4.33. The highest BCUT2D eigenvalue weighted by Crippen LogP contribution is 2.31. The van der Waals surface area contributed by atoms with E-state index in [0.717, 1.165) is 0 Å². The second kappa shape index (κ2) is 3.70. The van der Waals surface area contributed by atoms with Gasteiger partial charge in [-0.3, -0.25) is 9.97 Å². The Kier molecular flexibility index (Phi) is 2.26. The molecule has 0 aliphatic rings. The highest BCUT2D eigenvalue weighted by atomic mass is 19.2. The maximum atomic E-state index is 14.1. The van der Waals surface area contributed by atoms with Gasteiger partial charge < -0.3 is 0 Å². The Morgan fingerprint density at radius 3 is 1.56 bits per heavy atom. The lowest BCUT2D eigenvalue weighted by molar-refractivity contribution is 0.524. The van der Waals surface area contributed by atoms with Crippen LogP contribution in [0.15, 0.2) is 24.5 Å². The molecule has 0 amide bonds. The topological polar surface area (TPSA) is 25.8 Å². The van der Waals surface area contributed by atoms with E-state index >= 15 is 0 Å². The second-order valence-corrected chi connectivity index (χ2v) is 4.33. The van der Waals surface area contributed by atoms with Crippen molar-refractivity contribution >= 4 is 21.8 Å². The quantitative estimate of drug-likeness (QED) is 0.564. The summed E-state index contributed by atoms with van der Waals surface area (Å²) in [5, 5.41) is 0.418. The molecule has 0 N–H and O–H groups in total. The van der Waals surface area contributed by atoms with E-state index < -0.39 is 11.6 Å². The molecule has 1 aromatic carbocycles. The van der Waals surface area contributed by atoms with Gasteiger partial charge in [0, 0.05) is 23.2 Å². The average molecular weight is 244 g/mol. The number of aromatic nitrogens is 2. The molecule has 2 nitrogen and oxygen atoms in total. The lowest BCUT2D eigenvalue weighted by Gasteiger charge is -2.09. The molecule has 2 heterocycles. The van der Waals surface area contributed by atoms with E-state index in [1.54, 1.807) is 38.4 Å². The molecule has 4 heteroatoms. The van der Waals surface area contributed by atoms with Gasteiger partial charge in [0.1, 0.15) is 0 Å². The zero-order valence-electron chi connectivity index (χ0n) is 9.96. The third kappa shape index (κ3) is 1.32. The predicted octanol–water partition coefficient (Wildman–Crippen LogP) is 3.68. The van der Waals surface area contributed by atoms with Gasteiger partial charge in [0.15, 0.2) is 11.6 Å². The van der Waals surface area contributed by atoms with E-state index in [1.807, 2.05) is 0 Å². The molecular formula is C14H10F2N2. The largest absolute Gasteiger partial charge is 0.254 e. The van der Waals surface area contributed by atoms with Crippen LogP contribution in [-0.2, 0) is 0 Å². The van der Waals surface area contributed by atoms with Crippen molar-refractivity contribution in [3.8, 4) is 0 Å². The highest BCUT2D eigenvalue weighted by Gasteiger charge is 2.18. The van der Waals surface area contributed by atoms with Crippen molar-refractivity contribution in [2.75, 3.05) is 0 Å². The Balaban J connectivity index is 2.72. The molecule has 0 atom stereocenters. The van der Waals surface area contributed by atoms with Crippen LogP contribution in [0.4, 0.5) is 8.78 Å². The molecule has 0 bridgehead atoms. The first kappa shape index (κ1) is 11.0. The highest BCUT2D eigenvalue weighted by molar-refractivity contribution is 6.05. The van der Waals surface area contributed by atoms with Crippen LogP contribution in [0.25, 0.3) is 21.8 Å². The van der Waals surface area contributed by atoms with Gasteiger partial charge in [-0.05, 0) is 37.1 Å². The Morgan fingerprint density at radius 2 is 1.17 bits per heavy atom. The molecule has 0 saturated heterocycles. The van der Waals surface area contributed by atoms with Crippen LogP contribution < -0.4 is 0 Å². The van der Waals surface area contributed by atoms with Gasteiger partial charge in [-0.1, -0.05) is 0 Å². The van der Waals surface area contributed by atoms with E-state index in [-0.39, 0.29) is 10.8 Å². The first-order valence-corrected chi connectivity index (χ1v) is 5.59. The summed E-state index contributed by atoms with van der Waals surface area (Å²) in [6, 6.07) is 3.32. The van der Waals surface area contributed by atoms with E-state index in [0.29, 0.717) is 22.2 Å². The molecule has 0 radical (unpaired) electrons. The molecule has 3 rings (SSSR count). The lowest BCUT2D eigenvalue weighted by Crippen LogP contribution is -1.97. The molecule has 3 aromatic rings. The Labute approximate surface area is 102 Å². The molecule has 0 saturated carbocycles. The maximum Gasteiger partial charge on any atom is 0.169 e. The molecule has 0 aliphatic heterocycles. The van der Waals surface area contributed by atoms with Gasteiger partial charge >= 0.3 is 0 Å². The number of nitrogens with zero attached hydrogens (tertiary/aromatic N) is 2. The third-order valence-electron chi connectivity index (χ3n) is 3.17. The summed E-state index contributed by atoms with van der Waals surface area (Å²) in [6.07, 6.45) is 3.16. The van der Waals surface area contributed by atoms with Crippen molar-refractivity contribution in [1.82, 2.24) is 9.97 Å². The van der Waals surface area contributed by atoms with Crippen molar-refractivity contribution in [1.29, 1.82) is 0 Å². The molecule has 0 aliphatic carbocycles. The van der Waals surface area contributed by atoms with Crippen molar-refractivity contribution in [3.63, 3.8) is 0 Å². The van der Waals surface area contributed by atoms with Crippen molar-refractivity contribution in [2.24, 2.45) is 0 Å². The number of hydrogen-bond donors (Lipinski definition) is 0.